The number of nitrogens with zero attached hydrogens (tertiary/aromatic N) is 4. The van der Waals surface area contributed by atoms with Gasteiger partial charge in [0.1, 0.15) is 23.8 Å². The zero-order valence-corrected chi connectivity index (χ0v) is 36.8. The molecule has 0 spiro atoms. The van der Waals surface area contributed by atoms with E-state index in [-0.39, 0.29) is 67.5 Å². The highest BCUT2D eigenvalue weighted by Gasteiger charge is 2.44. The third-order valence-corrected chi connectivity index (χ3v) is 13.2. The Morgan fingerprint density at radius 1 is 0.906 bits per heavy atom. The fourth-order valence-corrected chi connectivity index (χ4v) is 9.51. The number of amides is 7. The maximum Gasteiger partial charge on any atom is 0.329 e. The molecule has 1 aliphatic carbocycles. The van der Waals surface area contributed by atoms with Gasteiger partial charge in [0.05, 0.1) is 11.0 Å². The van der Waals surface area contributed by atoms with Crippen LogP contribution in [0.2, 0.25) is 0 Å². The number of nitrogens with one attached hydrogen (secondary N) is 3. The second kappa shape index (κ2) is 19.6. The van der Waals surface area contributed by atoms with Crippen molar-refractivity contribution in [3.63, 3.8) is 0 Å². The van der Waals surface area contributed by atoms with Gasteiger partial charge in [-0.1, -0.05) is 55.8 Å². The summed E-state index contributed by atoms with van der Waals surface area (Å²) in [5.74, 6) is -2.63. The first-order valence-electron chi connectivity index (χ1n) is 22.3. The van der Waals surface area contributed by atoms with Crippen LogP contribution in [0.25, 0.3) is 17.1 Å². The number of primary amides is 1. The SMILES string of the molecule is CC(C)c1ccc(CNC(=O)/C(=C\CC(N)=O)NC(=O)[C@@H]2CC[C@@H]3CCN(C(=O)CC4CCC(=Cc5ccc6c(c5)n(C)c(=O)n6C5CCC(=O)NC5=O)CC4)C[C@H](N)C(=O)N32)cc1. The summed E-state index contributed by atoms with van der Waals surface area (Å²) < 4.78 is 2.99. The van der Waals surface area contributed by atoms with Crippen LogP contribution in [-0.4, -0.2) is 91.5 Å². The summed E-state index contributed by atoms with van der Waals surface area (Å²) in [5, 5.41) is 7.79. The van der Waals surface area contributed by atoms with Crippen molar-refractivity contribution in [2.75, 3.05) is 13.1 Å². The third-order valence-electron chi connectivity index (χ3n) is 13.2. The quantitative estimate of drug-likeness (QED) is 0.133. The Bertz CT molecular complexity index is 2460. The van der Waals surface area contributed by atoms with Crippen LogP contribution in [0.5, 0.6) is 0 Å². The van der Waals surface area contributed by atoms with Gasteiger partial charge >= 0.3 is 5.69 Å². The number of hydrogen-bond acceptors (Lipinski definition) is 9. The molecule has 1 unspecified atom stereocenters. The molecular formula is C47H59N9O8. The van der Waals surface area contributed by atoms with Crippen LogP contribution in [0.3, 0.4) is 0 Å². The van der Waals surface area contributed by atoms with Gasteiger partial charge in [-0.05, 0) is 98.1 Å². The van der Waals surface area contributed by atoms with Crippen molar-refractivity contribution < 1.29 is 33.6 Å². The number of allylic oxidation sites excluding steroid dienone is 1. The molecule has 17 nitrogen and oxygen atoms in total. The first-order valence-corrected chi connectivity index (χ1v) is 22.3. The molecule has 4 heterocycles. The lowest BCUT2D eigenvalue weighted by Crippen LogP contribution is -2.59. The molecule has 4 aliphatic rings. The molecule has 340 valence electrons. The first kappa shape index (κ1) is 45.7. The average molecular weight is 878 g/mol. The van der Waals surface area contributed by atoms with Gasteiger partial charge in [-0.15, -0.1) is 0 Å². The first-order chi connectivity index (χ1) is 30.6. The highest BCUT2D eigenvalue weighted by Crippen LogP contribution is 2.34. The second-order valence-corrected chi connectivity index (χ2v) is 18.0. The minimum atomic E-state index is -1.05. The van der Waals surface area contributed by atoms with Crippen LogP contribution < -0.4 is 33.1 Å². The summed E-state index contributed by atoms with van der Waals surface area (Å²) >= 11 is 0. The van der Waals surface area contributed by atoms with Crippen LogP contribution in [0.1, 0.15) is 113 Å². The molecule has 0 radical (unpaired) electrons. The van der Waals surface area contributed by atoms with Crippen molar-refractivity contribution in [3.05, 3.63) is 87.0 Å². The third kappa shape index (κ3) is 10.2. The van der Waals surface area contributed by atoms with E-state index in [9.17, 15) is 38.4 Å². The number of nitrogens with two attached hydrogens (primary N) is 2. The van der Waals surface area contributed by atoms with E-state index in [0.717, 1.165) is 42.4 Å². The molecule has 3 aliphatic heterocycles. The van der Waals surface area contributed by atoms with Crippen molar-refractivity contribution in [2.24, 2.45) is 24.4 Å². The lowest BCUT2D eigenvalue weighted by atomic mass is 9.83. The van der Waals surface area contributed by atoms with Crippen LogP contribution >= 0.6 is 0 Å². The number of aromatic nitrogens is 2. The van der Waals surface area contributed by atoms with E-state index in [0.29, 0.717) is 49.2 Å². The maximum absolute atomic E-state index is 13.9. The Morgan fingerprint density at radius 3 is 2.33 bits per heavy atom. The van der Waals surface area contributed by atoms with Crippen molar-refractivity contribution in [2.45, 2.75) is 121 Å². The maximum atomic E-state index is 13.9. The van der Waals surface area contributed by atoms with Crippen molar-refractivity contribution >= 4 is 58.5 Å². The second-order valence-electron chi connectivity index (χ2n) is 18.0. The summed E-state index contributed by atoms with van der Waals surface area (Å²) in [6, 6.07) is 10.5. The average Bonchev–Trinajstić information content (AvgIpc) is 3.79. The highest BCUT2D eigenvalue weighted by molar-refractivity contribution is 6.01. The number of fused-ring (bicyclic) bond motifs is 2. The number of benzene rings is 2. The van der Waals surface area contributed by atoms with Crippen molar-refractivity contribution in [1.29, 1.82) is 0 Å². The zero-order chi connectivity index (χ0) is 45.8. The Balaban J connectivity index is 0.923. The smallest absolute Gasteiger partial charge is 0.329 e. The standard InChI is InChI=1S/C47H59N9O8/c1-27(2)32-11-8-30(9-12-32)25-50-43(60)35(14-18-40(49)57)51-44(61)37-16-13-33-20-21-54(26-34(48)46(63)55(33)37)42(59)24-29-6-4-28(5-7-29)22-31-10-15-36-39(23-31)53(3)47(64)56(36)38-17-19-41(58)52-45(38)62/h8-12,14-15,22-23,27,29,33-34,37-38H,4-7,13,16-21,24-26,48H2,1-3H3,(H2,49,57)(H,50,60)(H,51,61)(H,52,58,62)/b28-22?,35-14+/t29?,33-,34+,37+,38?/m1/s1. The lowest BCUT2D eigenvalue weighted by Gasteiger charge is -2.38. The van der Waals surface area contributed by atoms with Crippen LogP contribution in [0.15, 0.2) is 64.6 Å². The molecule has 7 amide bonds. The van der Waals surface area contributed by atoms with E-state index in [4.69, 9.17) is 11.5 Å². The molecule has 7 rings (SSSR count). The number of aryl methyl sites for hydroxylation is 1. The Morgan fingerprint density at radius 2 is 1.64 bits per heavy atom. The number of carbonyl (C=O) groups excluding carboxylic acids is 7. The molecule has 17 heteroatoms. The summed E-state index contributed by atoms with van der Waals surface area (Å²) in [7, 11) is 1.67. The Kier molecular flexibility index (Phi) is 14.0. The normalized spacial score (nSPS) is 23.1. The molecule has 1 aromatic heterocycles. The Labute approximate surface area is 371 Å². The van der Waals surface area contributed by atoms with Gasteiger partial charge in [0.25, 0.3) is 5.91 Å². The minimum Gasteiger partial charge on any atom is -0.369 e. The molecular weight excluding hydrogens is 819 g/mol. The van der Waals surface area contributed by atoms with Gasteiger partial charge in [0.2, 0.25) is 35.4 Å². The van der Waals surface area contributed by atoms with Gasteiger partial charge in [-0.25, -0.2) is 4.79 Å². The largest absolute Gasteiger partial charge is 0.369 e. The number of carbonyl (C=O) groups is 7. The molecule has 2 aromatic carbocycles. The fraction of sp³-hybridized carbons (Fsp3) is 0.489. The van der Waals surface area contributed by atoms with Crippen LogP contribution in [0.4, 0.5) is 0 Å². The molecule has 4 atom stereocenters. The minimum absolute atomic E-state index is 0.0215. The molecule has 3 saturated heterocycles. The molecule has 64 heavy (non-hydrogen) atoms. The lowest BCUT2D eigenvalue weighted by molar-refractivity contribution is -0.144. The van der Waals surface area contributed by atoms with Crippen LogP contribution in [-0.2, 0) is 47.2 Å². The van der Waals surface area contributed by atoms with Gasteiger partial charge < -0.3 is 31.9 Å². The summed E-state index contributed by atoms with van der Waals surface area (Å²) in [6.07, 6.45) is 8.46. The van der Waals surface area contributed by atoms with Gasteiger partial charge in [-0.2, -0.15) is 0 Å². The zero-order valence-electron chi connectivity index (χ0n) is 36.8. The monoisotopic (exact) mass is 877 g/mol. The molecule has 4 fully saturated rings. The molecule has 3 aromatic rings. The van der Waals surface area contributed by atoms with E-state index in [1.54, 1.807) is 11.9 Å². The molecule has 1 saturated carbocycles. The van der Waals surface area contributed by atoms with E-state index in [1.165, 1.54) is 25.7 Å². The molecule has 0 bridgehead atoms. The van der Waals surface area contributed by atoms with Crippen LogP contribution in [0, 0.1) is 5.92 Å². The number of imidazole rings is 1. The van der Waals surface area contributed by atoms with E-state index >= 15 is 0 Å². The van der Waals surface area contributed by atoms with E-state index in [2.05, 4.69) is 35.9 Å². The summed E-state index contributed by atoms with van der Waals surface area (Å²) in [4.78, 5) is 107. The number of piperidine rings is 1. The van der Waals surface area contributed by atoms with Crippen molar-refractivity contribution in [3.8, 4) is 0 Å². The molecule has 7 N–H and O–H groups in total. The van der Waals surface area contributed by atoms with E-state index < -0.39 is 47.7 Å². The van der Waals surface area contributed by atoms with Crippen molar-refractivity contribution in [1.82, 2.24) is 34.9 Å². The number of hydrogen-bond donors (Lipinski definition) is 5. The number of imide groups is 1. The van der Waals surface area contributed by atoms with Gasteiger partial charge in [0, 0.05) is 52.0 Å². The number of rotatable bonds is 12. The van der Waals surface area contributed by atoms with E-state index in [1.807, 2.05) is 42.5 Å². The highest BCUT2D eigenvalue weighted by atomic mass is 16.2. The summed E-state index contributed by atoms with van der Waals surface area (Å²) in [5.41, 5.74) is 16.9. The van der Waals surface area contributed by atoms with Gasteiger partial charge in [-0.3, -0.25) is 48.0 Å². The Hall–Kier alpha value is -6.36. The van der Waals surface area contributed by atoms with Gasteiger partial charge in [0.15, 0.2) is 0 Å². The predicted molar refractivity (Wildman–Crippen MR) is 238 cm³/mol. The predicted octanol–water partition coefficient (Wildman–Crippen LogP) is 2.52. The topological polar surface area (TPSA) is 241 Å². The summed E-state index contributed by atoms with van der Waals surface area (Å²) in [6.45, 7) is 4.78. The fourth-order valence-electron chi connectivity index (χ4n) is 9.51.